The largest absolute Gasteiger partial charge is 0.338 e. The molecule has 5 rings (SSSR count). The standard InChI is InChI=1S/C25H25ClN6O5/c1-3-29-21-12-18(20(32(36)37)13-22(21)30(4-2)25(29)35)23(33)28-9-7-16(8-10-28)31-14-27-19-6-5-15(26)11-17(19)24(31)34/h5-6,11-14,16H,3-4,7-10H2,1-2H3. The number of halogens is 1. The molecule has 37 heavy (non-hydrogen) atoms. The van der Waals surface area contributed by atoms with Crippen LogP contribution in [0.2, 0.25) is 5.02 Å². The number of nitro benzene ring substituents is 1. The second-order valence-corrected chi connectivity index (χ2v) is 9.46. The number of benzene rings is 2. The van der Waals surface area contributed by atoms with Gasteiger partial charge in [0.05, 0.1) is 33.2 Å². The first kappa shape index (κ1) is 24.7. The van der Waals surface area contributed by atoms with Gasteiger partial charge >= 0.3 is 5.69 Å². The summed E-state index contributed by atoms with van der Waals surface area (Å²) in [6.07, 6.45) is 2.49. The molecule has 0 aliphatic carbocycles. The summed E-state index contributed by atoms with van der Waals surface area (Å²) in [5, 5.41) is 12.8. The molecule has 4 aromatic rings. The van der Waals surface area contributed by atoms with Gasteiger partial charge in [0.2, 0.25) is 0 Å². The number of carbonyl (C=O) groups is 1. The Balaban J connectivity index is 1.45. The number of amides is 1. The van der Waals surface area contributed by atoms with Crippen LogP contribution in [0.15, 0.2) is 46.2 Å². The van der Waals surface area contributed by atoms with Crippen molar-refractivity contribution in [3.05, 3.63) is 78.2 Å². The summed E-state index contributed by atoms with van der Waals surface area (Å²) < 4.78 is 4.55. The van der Waals surface area contributed by atoms with Crippen molar-refractivity contribution in [1.82, 2.24) is 23.6 Å². The Labute approximate surface area is 215 Å². The molecule has 1 aliphatic heterocycles. The Bertz CT molecular complexity index is 1680. The number of imidazole rings is 1. The fourth-order valence-electron chi connectivity index (χ4n) is 5.17. The van der Waals surface area contributed by atoms with Crippen molar-refractivity contribution >= 4 is 45.1 Å². The van der Waals surface area contributed by atoms with E-state index in [9.17, 15) is 24.5 Å². The number of carbonyl (C=O) groups excluding carboxylic acids is 1. The van der Waals surface area contributed by atoms with E-state index in [0.717, 1.165) is 0 Å². The maximum atomic E-state index is 13.5. The van der Waals surface area contributed by atoms with Crippen LogP contribution in [0.5, 0.6) is 0 Å². The molecular formula is C25H25ClN6O5. The molecule has 0 unspecified atom stereocenters. The third-order valence-electron chi connectivity index (χ3n) is 7.09. The number of nitro groups is 1. The van der Waals surface area contributed by atoms with Crippen LogP contribution >= 0.6 is 11.6 Å². The lowest BCUT2D eigenvalue weighted by molar-refractivity contribution is -0.385. The van der Waals surface area contributed by atoms with E-state index in [1.165, 1.54) is 27.6 Å². The molecule has 0 saturated carbocycles. The number of hydrogen-bond acceptors (Lipinski definition) is 6. The summed E-state index contributed by atoms with van der Waals surface area (Å²) in [6, 6.07) is 7.57. The molecule has 0 atom stereocenters. The van der Waals surface area contributed by atoms with Gasteiger partial charge in [-0.2, -0.15) is 0 Å². The summed E-state index contributed by atoms with van der Waals surface area (Å²) in [4.78, 5) is 56.5. The van der Waals surface area contributed by atoms with E-state index in [1.807, 2.05) is 6.92 Å². The van der Waals surface area contributed by atoms with Gasteiger partial charge in [0.25, 0.3) is 17.2 Å². The van der Waals surface area contributed by atoms with Crippen LogP contribution in [-0.2, 0) is 13.1 Å². The molecule has 3 heterocycles. The first-order chi connectivity index (χ1) is 17.7. The Hall–Kier alpha value is -3.99. The van der Waals surface area contributed by atoms with Crippen LogP contribution in [0, 0.1) is 10.1 Å². The average Bonchev–Trinajstić information content (AvgIpc) is 3.17. The predicted octanol–water partition coefficient (Wildman–Crippen LogP) is 3.59. The van der Waals surface area contributed by atoms with Crippen molar-refractivity contribution in [1.29, 1.82) is 0 Å². The molecular weight excluding hydrogens is 500 g/mol. The highest BCUT2D eigenvalue weighted by molar-refractivity contribution is 6.31. The van der Waals surface area contributed by atoms with Gasteiger partial charge in [-0.05, 0) is 51.0 Å². The number of piperidine rings is 1. The molecule has 1 aliphatic rings. The SMILES string of the molecule is CCn1c(=O)n(CC)c2cc([N+](=O)[O-])c(C(=O)N3CCC(n4cnc5ccc(Cl)cc5c4=O)CC3)cc21. The minimum absolute atomic E-state index is 0.0504. The minimum atomic E-state index is -0.585. The normalized spacial score (nSPS) is 14.5. The summed E-state index contributed by atoms with van der Waals surface area (Å²) in [5.41, 5.74) is 0.632. The Morgan fingerprint density at radius 3 is 2.35 bits per heavy atom. The van der Waals surface area contributed by atoms with Gasteiger partial charge in [0.15, 0.2) is 0 Å². The Morgan fingerprint density at radius 1 is 1.08 bits per heavy atom. The van der Waals surface area contributed by atoms with E-state index in [4.69, 9.17) is 11.6 Å². The van der Waals surface area contributed by atoms with Crippen molar-refractivity contribution in [2.75, 3.05) is 13.1 Å². The van der Waals surface area contributed by atoms with Crippen molar-refractivity contribution < 1.29 is 9.72 Å². The Kier molecular flexibility index (Phi) is 6.32. The maximum Gasteiger partial charge on any atom is 0.329 e. The third kappa shape index (κ3) is 4.08. The lowest BCUT2D eigenvalue weighted by Gasteiger charge is -2.32. The molecule has 0 bridgehead atoms. The number of hydrogen-bond donors (Lipinski definition) is 0. The van der Waals surface area contributed by atoms with Crippen molar-refractivity contribution in [3.63, 3.8) is 0 Å². The third-order valence-corrected chi connectivity index (χ3v) is 7.32. The van der Waals surface area contributed by atoms with Crippen LogP contribution < -0.4 is 11.2 Å². The monoisotopic (exact) mass is 524 g/mol. The molecule has 1 amide bonds. The second kappa shape index (κ2) is 9.47. The first-order valence-corrected chi connectivity index (χ1v) is 12.5. The lowest BCUT2D eigenvalue weighted by atomic mass is 10.0. The van der Waals surface area contributed by atoms with Gasteiger partial charge in [0, 0.05) is 43.3 Å². The van der Waals surface area contributed by atoms with E-state index >= 15 is 0 Å². The molecule has 0 radical (unpaired) electrons. The maximum absolute atomic E-state index is 13.5. The number of nitrogens with zero attached hydrogens (tertiary/aromatic N) is 6. The van der Waals surface area contributed by atoms with Crippen molar-refractivity contribution in [3.8, 4) is 0 Å². The van der Waals surface area contributed by atoms with Crippen LogP contribution in [-0.4, -0.2) is 47.5 Å². The zero-order valence-electron chi connectivity index (χ0n) is 20.4. The molecule has 11 nitrogen and oxygen atoms in total. The number of likely N-dealkylation sites (tertiary alicyclic amines) is 1. The molecule has 1 fully saturated rings. The van der Waals surface area contributed by atoms with E-state index in [2.05, 4.69) is 4.98 Å². The highest BCUT2D eigenvalue weighted by atomic mass is 35.5. The van der Waals surface area contributed by atoms with E-state index in [-0.39, 0.29) is 28.5 Å². The molecule has 0 N–H and O–H groups in total. The number of aromatic nitrogens is 4. The topological polar surface area (TPSA) is 125 Å². The fourth-order valence-corrected chi connectivity index (χ4v) is 5.34. The minimum Gasteiger partial charge on any atom is -0.338 e. The number of aryl methyl sites for hydroxylation is 2. The van der Waals surface area contributed by atoms with Crippen LogP contribution in [0.25, 0.3) is 21.9 Å². The summed E-state index contributed by atoms with van der Waals surface area (Å²) >= 11 is 6.06. The van der Waals surface area contributed by atoms with Crippen LogP contribution in [0.3, 0.4) is 0 Å². The van der Waals surface area contributed by atoms with Crippen LogP contribution in [0.4, 0.5) is 5.69 Å². The van der Waals surface area contributed by atoms with Gasteiger partial charge in [-0.25, -0.2) is 9.78 Å². The molecule has 0 spiro atoms. The van der Waals surface area contributed by atoms with Gasteiger partial charge in [0.1, 0.15) is 5.56 Å². The predicted molar refractivity (Wildman–Crippen MR) is 139 cm³/mol. The van der Waals surface area contributed by atoms with Gasteiger partial charge < -0.3 is 4.90 Å². The number of rotatable bonds is 5. The average molecular weight is 525 g/mol. The van der Waals surface area contributed by atoms with Gasteiger partial charge in [-0.3, -0.25) is 33.4 Å². The smallest absolute Gasteiger partial charge is 0.329 e. The zero-order valence-corrected chi connectivity index (χ0v) is 21.1. The highest BCUT2D eigenvalue weighted by Crippen LogP contribution is 2.29. The molecule has 2 aromatic heterocycles. The Morgan fingerprint density at radius 2 is 1.73 bits per heavy atom. The lowest BCUT2D eigenvalue weighted by Crippen LogP contribution is -2.41. The van der Waals surface area contributed by atoms with Gasteiger partial charge in [-0.15, -0.1) is 0 Å². The first-order valence-electron chi connectivity index (χ1n) is 12.1. The fraction of sp³-hybridized carbons (Fsp3) is 0.360. The van der Waals surface area contributed by atoms with E-state index in [1.54, 1.807) is 34.6 Å². The molecule has 12 heteroatoms. The van der Waals surface area contributed by atoms with Crippen molar-refractivity contribution in [2.45, 2.75) is 45.8 Å². The van der Waals surface area contributed by atoms with E-state index < -0.39 is 10.8 Å². The van der Waals surface area contributed by atoms with Gasteiger partial charge in [-0.1, -0.05) is 11.6 Å². The summed E-state index contributed by atoms with van der Waals surface area (Å²) in [6.45, 7) is 4.96. The highest BCUT2D eigenvalue weighted by Gasteiger charge is 2.31. The summed E-state index contributed by atoms with van der Waals surface area (Å²) in [7, 11) is 0. The molecule has 1 saturated heterocycles. The van der Waals surface area contributed by atoms with E-state index in [0.29, 0.717) is 66.0 Å². The number of fused-ring (bicyclic) bond motifs is 2. The molecule has 192 valence electrons. The summed E-state index contributed by atoms with van der Waals surface area (Å²) in [5.74, 6) is -0.470. The zero-order chi connectivity index (χ0) is 26.4. The second-order valence-electron chi connectivity index (χ2n) is 9.03. The van der Waals surface area contributed by atoms with Crippen molar-refractivity contribution in [2.24, 2.45) is 0 Å². The van der Waals surface area contributed by atoms with Crippen LogP contribution in [0.1, 0.15) is 43.1 Å². The molecule has 2 aromatic carbocycles. The quantitative estimate of drug-likeness (QED) is 0.290.